The fourth-order valence-electron chi connectivity index (χ4n) is 3.67. The van der Waals surface area contributed by atoms with Gasteiger partial charge in [-0.15, -0.1) is 0 Å². The number of hydrogen-bond acceptors (Lipinski definition) is 5. The first-order chi connectivity index (χ1) is 11.7. The van der Waals surface area contributed by atoms with Crippen LogP contribution in [0.5, 0.6) is 0 Å². The lowest BCUT2D eigenvalue weighted by Crippen LogP contribution is -2.22. The van der Waals surface area contributed by atoms with Crippen LogP contribution in [0.25, 0.3) is 11.0 Å². The molecule has 0 aromatic carbocycles. The molecule has 1 aliphatic heterocycles. The minimum absolute atomic E-state index is 0.637. The summed E-state index contributed by atoms with van der Waals surface area (Å²) < 4.78 is 0. The van der Waals surface area contributed by atoms with Crippen LogP contribution in [0.4, 0.5) is 5.82 Å². The summed E-state index contributed by atoms with van der Waals surface area (Å²) in [5, 5.41) is 1.09. The summed E-state index contributed by atoms with van der Waals surface area (Å²) in [5.74, 6) is 1.66. The highest BCUT2D eigenvalue weighted by Crippen LogP contribution is 2.30. The van der Waals surface area contributed by atoms with Gasteiger partial charge in [-0.1, -0.05) is 6.07 Å². The number of fused-ring (bicyclic) bond motifs is 1. The Morgan fingerprint density at radius 2 is 2.17 bits per heavy atom. The normalized spacial score (nSPS) is 17.6. The van der Waals surface area contributed by atoms with Gasteiger partial charge in [-0.25, -0.2) is 15.0 Å². The van der Waals surface area contributed by atoms with E-state index in [1.807, 2.05) is 25.4 Å². The molecule has 1 fully saturated rings. The third-order valence-corrected chi connectivity index (χ3v) is 4.74. The second-order valence-corrected chi connectivity index (χ2v) is 6.64. The highest BCUT2D eigenvalue weighted by Gasteiger charge is 2.25. The minimum Gasteiger partial charge on any atom is -0.356 e. The summed E-state index contributed by atoms with van der Waals surface area (Å²) in [6, 6.07) is 6.28. The number of anilines is 1. The first-order valence-electron chi connectivity index (χ1n) is 8.43. The second-order valence-electron chi connectivity index (χ2n) is 6.64. The van der Waals surface area contributed by atoms with Crippen LogP contribution in [0.3, 0.4) is 0 Å². The van der Waals surface area contributed by atoms with Crippen LogP contribution in [0.1, 0.15) is 23.2 Å². The monoisotopic (exact) mass is 319 g/mol. The predicted molar refractivity (Wildman–Crippen MR) is 95.1 cm³/mol. The molecule has 1 atom stereocenters. The van der Waals surface area contributed by atoms with Crippen LogP contribution in [-0.2, 0) is 6.42 Å². The molecule has 0 spiro atoms. The van der Waals surface area contributed by atoms with Crippen molar-refractivity contribution in [2.45, 2.75) is 26.7 Å². The summed E-state index contributed by atoms with van der Waals surface area (Å²) in [4.78, 5) is 20.1. The van der Waals surface area contributed by atoms with E-state index in [9.17, 15) is 0 Å². The highest BCUT2D eigenvalue weighted by molar-refractivity contribution is 5.90. The van der Waals surface area contributed by atoms with Crippen molar-refractivity contribution >= 4 is 16.9 Å². The Labute approximate surface area is 141 Å². The first-order valence-corrected chi connectivity index (χ1v) is 8.43. The van der Waals surface area contributed by atoms with E-state index in [1.165, 1.54) is 17.5 Å². The average molecular weight is 319 g/mol. The van der Waals surface area contributed by atoms with Crippen molar-refractivity contribution in [1.29, 1.82) is 0 Å². The van der Waals surface area contributed by atoms with Gasteiger partial charge in [0.15, 0.2) is 5.65 Å². The molecule has 1 aliphatic rings. The maximum atomic E-state index is 4.58. The Hall–Kier alpha value is -2.56. The molecule has 3 aromatic rings. The smallest absolute Gasteiger partial charge is 0.165 e. The quantitative estimate of drug-likeness (QED) is 0.742. The van der Waals surface area contributed by atoms with Crippen molar-refractivity contribution in [3.05, 3.63) is 53.7 Å². The van der Waals surface area contributed by atoms with Gasteiger partial charge in [-0.3, -0.25) is 4.98 Å². The van der Waals surface area contributed by atoms with Crippen LogP contribution < -0.4 is 4.90 Å². The van der Waals surface area contributed by atoms with E-state index in [1.54, 1.807) is 6.33 Å². The number of aryl methyl sites for hydroxylation is 2. The molecule has 3 aromatic heterocycles. The fourth-order valence-corrected chi connectivity index (χ4v) is 3.67. The van der Waals surface area contributed by atoms with E-state index in [0.29, 0.717) is 5.92 Å². The van der Waals surface area contributed by atoms with Crippen LogP contribution in [0.15, 0.2) is 36.9 Å². The van der Waals surface area contributed by atoms with E-state index < -0.39 is 0 Å². The zero-order valence-electron chi connectivity index (χ0n) is 14.1. The molecule has 122 valence electrons. The number of hydrogen-bond donors (Lipinski definition) is 0. The largest absolute Gasteiger partial charge is 0.356 e. The van der Waals surface area contributed by atoms with Gasteiger partial charge in [0.25, 0.3) is 0 Å². The SMILES string of the molecule is Cc1cc(C)c2c(N3CCC(Cc4cccnc4)C3)ncnc2n1. The molecule has 4 heterocycles. The maximum absolute atomic E-state index is 4.58. The third-order valence-electron chi connectivity index (χ3n) is 4.74. The zero-order chi connectivity index (χ0) is 16.5. The molecule has 0 saturated carbocycles. The molecule has 5 heteroatoms. The van der Waals surface area contributed by atoms with Crippen LogP contribution in [0.2, 0.25) is 0 Å². The summed E-state index contributed by atoms with van der Waals surface area (Å²) in [5.41, 5.74) is 4.31. The molecule has 1 unspecified atom stereocenters. The van der Waals surface area contributed by atoms with Crippen molar-refractivity contribution in [1.82, 2.24) is 19.9 Å². The van der Waals surface area contributed by atoms with Crippen molar-refractivity contribution < 1.29 is 0 Å². The van der Waals surface area contributed by atoms with E-state index in [2.05, 4.69) is 43.9 Å². The molecule has 1 saturated heterocycles. The average Bonchev–Trinajstić information content (AvgIpc) is 3.03. The summed E-state index contributed by atoms with van der Waals surface area (Å²) in [7, 11) is 0. The second kappa shape index (κ2) is 6.15. The summed E-state index contributed by atoms with van der Waals surface area (Å²) in [6.45, 7) is 6.18. The Morgan fingerprint density at radius 3 is 3.00 bits per heavy atom. The standard InChI is InChI=1S/C19H21N5/c1-13-8-14(2)23-18-17(13)19(22-12-21-18)24-7-5-16(11-24)9-15-4-3-6-20-10-15/h3-4,6,8,10,12,16H,5,7,9,11H2,1-2H3. The maximum Gasteiger partial charge on any atom is 0.165 e. The first kappa shape index (κ1) is 15.0. The molecule has 4 rings (SSSR count). The lowest BCUT2D eigenvalue weighted by Gasteiger charge is -2.20. The van der Waals surface area contributed by atoms with E-state index in [0.717, 1.165) is 42.1 Å². The van der Waals surface area contributed by atoms with Gasteiger partial charge in [0, 0.05) is 31.2 Å². The molecule has 0 radical (unpaired) electrons. The Balaban J connectivity index is 1.60. The minimum atomic E-state index is 0.637. The number of aromatic nitrogens is 4. The van der Waals surface area contributed by atoms with E-state index in [4.69, 9.17) is 0 Å². The van der Waals surface area contributed by atoms with Gasteiger partial charge >= 0.3 is 0 Å². The Kier molecular flexibility index (Phi) is 3.84. The van der Waals surface area contributed by atoms with Gasteiger partial charge in [-0.05, 0) is 55.9 Å². The molecule has 24 heavy (non-hydrogen) atoms. The third kappa shape index (κ3) is 2.82. The fraction of sp³-hybridized carbons (Fsp3) is 0.368. The van der Waals surface area contributed by atoms with Crippen LogP contribution >= 0.6 is 0 Å². The van der Waals surface area contributed by atoms with Crippen LogP contribution in [0, 0.1) is 19.8 Å². The van der Waals surface area contributed by atoms with Gasteiger partial charge in [-0.2, -0.15) is 0 Å². The van der Waals surface area contributed by atoms with Crippen molar-refractivity contribution in [2.75, 3.05) is 18.0 Å². The summed E-state index contributed by atoms with van der Waals surface area (Å²) >= 11 is 0. The van der Waals surface area contributed by atoms with Crippen molar-refractivity contribution in [3.63, 3.8) is 0 Å². The topological polar surface area (TPSA) is 54.8 Å². The lowest BCUT2D eigenvalue weighted by atomic mass is 10.0. The van der Waals surface area contributed by atoms with Gasteiger partial charge < -0.3 is 4.90 Å². The molecule has 0 aliphatic carbocycles. The molecular weight excluding hydrogens is 298 g/mol. The number of rotatable bonds is 3. The predicted octanol–water partition coefficient (Wildman–Crippen LogP) is 3.11. The number of pyridine rings is 2. The molecule has 5 nitrogen and oxygen atoms in total. The molecular formula is C19H21N5. The van der Waals surface area contributed by atoms with Crippen molar-refractivity contribution in [3.8, 4) is 0 Å². The summed E-state index contributed by atoms with van der Waals surface area (Å²) in [6.07, 6.45) is 7.69. The Bertz CT molecular complexity index is 862. The van der Waals surface area contributed by atoms with Crippen LogP contribution in [-0.4, -0.2) is 33.0 Å². The van der Waals surface area contributed by atoms with E-state index in [-0.39, 0.29) is 0 Å². The van der Waals surface area contributed by atoms with E-state index >= 15 is 0 Å². The van der Waals surface area contributed by atoms with Gasteiger partial charge in [0.1, 0.15) is 12.1 Å². The van der Waals surface area contributed by atoms with Gasteiger partial charge in [0.05, 0.1) is 5.39 Å². The molecule has 0 amide bonds. The Morgan fingerprint density at radius 1 is 1.25 bits per heavy atom. The highest BCUT2D eigenvalue weighted by atomic mass is 15.2. The van der Waals surface area contributed by atoms with Crippen molar-refractivity contribution in [2.24, 2.45) is 5.92 Å². The zero-order valence-corrected chi connectivity index (χ0v) is 14.1. The van der Waals surface area contributed by atoms with Gasteiger partial charge in [0.2, 0.25) is 0 Å². The molecule has 0 N–H and O–H groups in total. The number of nitrogens with zero attached hydrogens (tertiary/aromatic N) is 5. The lowest BCUT2D eigenvalue weighted by molar-refractivity contribution is 0.585. The molecule has 0 bridgehead atoms.